The highest BCUT2D eigenvalue weighted by atomic mass is 35.5. The number of amides is 2. The molecule has 0 unspecified atom stereocenters. The van der Waals surface area contributed by atoms with E-state index in [4.69, 9.17) is 25.8 Å². The molecule has 0 fully saturated rings. The molecule has 0 atom stereocenters. The Hall–Kier alpha value is -3.26. The van der Waals surface area contributed by atoms with Crippen molar-refractivity contribution >= 4 is 35.3 Å². The van der Waals surface area contributed by atoms with Crippen molar-refractivity contribution < 1.29 is 23.8 Å². The Morgan fingerprint density at radius 2 is 2.00 bits per heavy atom. The number of benzene rings is 2. The molecule has 2 amide bonds. The normalized spacial score (nSPS) is 15.5. The summed E-state index contributed by atoms with van der Waals surface area (Å²) in [5, 5.41) is 4.36. The van der Waals surface area contributed by atoms with Gasteiger partial charge < -0.3 is 14.2 Å². The smallest absolute Gasteiger partial charge is 0.265 e. The summed E-state index contributed by atoms with van der Waals surface area (Å²) in [6.07, 6.45) is 2.22. The fraction of sp³-hybridized carbons (Fsp3) is 0.250. The molecule has 9 heteroatoms. The van der Waals surface area contributed by atoms with Crippen molar-refractivity contribution in [3.05, 3.63) is 47.0 Å². The molecule has 0 saturated carbocycles. The molecule has 0 saturated heterocycles. The number of halogens is 1. The van der Waals surface area contributed by atoms with E-state index in [1.165, 1.54) is 11.1 Å². The maximum Gasteiger partial charge on any atom is 0.265 e. The summed E-state index contributed by atoms with van der Waals surface area (Å²) in [6, 6.07) is 10.5. The van der Waals surface area contributed by atoms with Crippen LogP contribution in [0.3, 0.4) is 0 Å². The molecule has 2 aliphatic heterocycles. The standard InChI is InChI=1S/C20H18ClN3O5/c21-14-8-13(9-17-20(14)28-7-3-6-27-17)10-22-23-18(25)11-24-15-4-1-2-5-16(15)29-12-19(24)26/h1-2,4-5,8-10H,3,6-7,11-12H2,(H,23,25)/b22-10-. The van der Waals surface area contributed by atoms with Gasteiger partial charge in [-0.15, -0.1) is 0 Å². The molecule has 0 bridgehead atoms. The van der Waals surface area contributed by atoms with E-state index >= 15 is 0 Å². The zero-order valence-corrected chi connectivity index (χ0v) is 16.1. The predicted octanol–water partition coefficient (Wildman–Crippen LogP) is 2.38. The van der Waals surface area contributed by atoms with Gasteiger partial charge in [0.25, 0.3) is 11.8 Å². The van der Waals surface area contributed by atoms with Crippen molar-refractivity contribution in [2.75, 3.05) is 31.3 Å². The van der Waals surface area contributed by atoms with Crippen LogP contribution in [0.4, 0.5) is 5.69 Å². The van der Waals surface area contributed by atoms with Gasteiger partial charge in [0.15, 0.2) is 18.1 Å². The van der Waals surface area contributed by atoms with E-state index in [9.17, 15) is 9.59 Å². The molecule has 2 aliphatic rings. The monoisotopic (exact) mass is 415 g/mol. The van der Waals surface area contributed by atoms with Crippen molar-refractivity contribution in [1.29, 1.82) is 0 Å². The van der Waals surface area contributed by atoms with E-state index in [2.05, 4.69) is 10.5 Å². The summed E-state index contributed by atoms with van der Waals surface area (Å²) in [7, 11) is 0. The Morgan fingerprint density at radius 3 is 2.90 bits per heavy atom. The lowest BCUT2D eigenvalue weighted by atomic mass is 10.2. The summed E-state index contributed by atoms with van der Waals surface area (Å²) in [5.41, 5.74) is 3.62. The van der Waals surface area contributed by atoms with E-state index in [0.29, 0.717) is 46.7 Å². The zero-order chi connectivity index (χ0) is 20.2. The van der Waals surface area contributed by atoms with E-state index in [-0.39, 0.29) is 19.1 Å². The number of hydrogen-bond acceptors (Lipinski definition) is 6. The van der Waals surface area contributed by atoms with Gasteiger partial charge in [0, 0.05) is 6.42 Å². The minimum absolute atomic E-state index is 0.108. The van der Waals surface area contributed by atoms with Gasteiger partial charge >= 0.3 is 0 Å². The maximum atomic E-state index is 12.3. The van der Waals surface area contributed by atoms with Gasteiger partial charge in [0.05, 0.1) is 30.1 Å². The molecule has 29 heavy (non-hydrogen) atoms. The number of carbonyl (C=O) groups is 2. The number of ether oxygens (including phenoxy) is 3. The third-order valence-corrected chi connectivity index (χ3v) is 4.62. The molecule has 0 aliphatic carbocycles. The first-order valence-electron chi connectivity index (χ1n) is 9.05. The van der Waals surface area contributed by atoms with Gasteiger partial charge in [-0.2, -0.15) is 5.10 Å². The van der Waals surface area contributed by atoms with Crippen LogP contribution in [0.1, 0.15) is 12.0 Å². The molecular weight excluding hydrogens is 398 g/mol. The Balaban J connectivity index is 1.41. The molecule has 2 aromatic rings. The second kappa shape index (κ2) is 8.40. The van der Waals surface area contributed by atoms with Gasteiger partial charge in [0.1, 0.15) is 12.3 Å². The molecule has 0 spiro atoms. The minimum atomic E-state index is -0.438. The number of hydrazone groups is 1. The highest BCUT2D eigenvalue weighted by Crippen LogP contribution is 2.37. The number of para-hydroxylation sites is 2. The van der Waals surface area contributed by atoms with Crippen molar-refractivity contribution in [2.45, 2.75) is 6.42 Å². The first kappa shape index (κ1) is 19.1. The number of nitrogens with one attached hydrogen (secondary N) is 1. The van der Waals surface area contributed by atoms with Gasteiger partial charge in [-0.05, 0) is 29.8 Å². The molecule has 1 N–H and O–H groups in total. The highest BCUT2D eigenvalue weighted by molar-refractivity contribution is 6.32. The average Bonchev–Trinajstić information content (AvgIpc) is 2.96. The Bertz CT molecular complexity index is 979. The lowest BCUT2D eigenvalue weighted by molar-refractivity contribution is -0.125. The van der Waals surface area contributed by atoms with Gasteiger partial charge in [-0.3, -0.25) is 14.5 Å². The van der Waals surface area contributed by atoms with Crippen molar-refractivity contribution in [3.8, 4) is 17.2 Å². The molecule has 4 rings (SSSR count). The highest BCUT2D eigenvalue weighted by Gasteiger charge is 2.26. The predicted molar refractivity (Wildman–Crippen MR) is 107 cm³/mol. The Kier molecular flexibility index (Phi) is 5.53. The first-order chi connectivity index (χ1) is 14.1. The zero-order valence-electron chi connectivity index (χ0n) is 15.4. The first-order valence-corrected chi connectivity index (χ1v) is 9.43. The van der Waals surface area contributed by atoms with Crippen LogP contribution in [0.15, 0.2) is 41.5 Å². The van der Waals surface area contributed by atoms with Crippen LogP contribution in [0, 0.1) is 0 Å². The number of rotatable bonds is 4. The summed E-state index contributed by atoms with van der Waals surface area (Å²) < 4.78 is 16.6. The fourth-order valence-corrected chi connectivity index (χ4v) is 3.28. The van der Waals surface area contributed by atoms with Crippen molar-refractivity contribution in [3.63, 3.8) is 0 Å². The van der Waals surface area contributed by atoms with Crippen LogP contribution in [0.25, 0.3) is 0 Å². The van der Waals surface area contributed by atoms with Crippen LogP contribution < -0.4 is 24.5 Å². The summed E-state index contributed by atoms with van der Waals surface area (Å²) in [4.78, 5) is 25.8. The molecule has 2 aromatic carbocycles. The van der Waals surface area contributed by atoms with E-state index in [1.807, 2.05) is 0 Å². The van der Waals surface area contributed by atoms with Gasteiger partial charge in [-0.1, -0.05) is 23.7 Å². The third kappa shape index (κ3) is 4.27. The molecule has 150 valence electrons. The maximum absolute atomic E-state index is 12.3. The molecule has 0 radical (unpaired) electrons. The van der Waals surface area contributed by atoms with Crippen LogP contribution in [0.5, 0.6) is 17.2 Å². The summed E-state index contributed by atoms with van der Waals surface area (Å²) in [5.74, 6) is 0.877. The summed E-state index contributed by atoms with van der Waals surface area (Å²) in [6.45, 7) is 0.803. The molecule has 0 aromatic heterocycles. The van der Waals surface area contributed by atoms with Crippen molar-refractivity contribution in [1.82, 2.24) is 5.43 Å². The number of nitrogens with zero attached hydrogens (tertiary/aromatic N) is 2. The van der Waals surface area contributed by atoms with Gasteiger partial charge in [0.2, 0.25) is 0 Å². The van der Waals surface area contributed by atoms with Crippen LogP contribution in [0.2, 0.25) is 5.02 Å². The summed E-state index contributed by atoms with van der Waals surface area (Å²) >= 11 is 6.24. The second-order valence-electron chi connectivity index (χ2n) is 6.41. The lowest BCUT2D eigenvalue weighted by Gasteiger charge is -2.28. The van der Waals surface area contributed by atoms with Crippen LogP contribution in [-0.4, -0.2) is 44.4 Å². The topological polar surface area (TPSA) is 89.5 Å². The average molecular weight is 416 g/mol. The number of carbonyl (C=O) groups excluding carboxylic acids is 2. The fourth-order valence-electron chi connectivity index (χ4n) is 3.01. The van der Waals surface area contributed by atoms with Crippen LogP contribution >= 0.6 is 11.6 Å². The molecule has 2 heterocycles. The number of fused-ring (bicyclic) bond motifs is 2. The van der Waals surface area contributed by atoms with E-state index in [0.717, 1.165) is 6.42 Å². The molecular formula is C20H18ClN3O5. The Morgan fingerprint density at radius 1 is 1.17 bits per heavy atom. The largest absolute Gasteiger partial charge is 0.489 e. The SMILES string of the molecule is O=C(CN1C(=O)COc2ccccc21)N/N=C\c1cc(Cl)c2c(c1)OCCCO2. The van der Waals surface area contributed by atoms with Crippen molar-refractivity contribution in [2.24, 2.45) is 5.10 Å². The minimum Gasteiger partial charge on any atom is -0.489 e. The van der Waals surface area contributed by atoms with Gasteiger partial charge in [-0.25, -0.2) is 5.43 Å². The molecule has 8 nitrogen and oxygen atoms in total. The Labute approximate surface area is 172 Å². The quantitative estimate of drug-likeness (QED) is 0.611. The van der Waals surface area contributed by atoms with E-state index < -0.39 is 5.91 Å². The lowest BCUT2D eigenvalue weighted by Crippen LogP contribution is -2.44. The van der Waals surface area contributed by atoms with Crippen LogP contribution in [-0.2, 0) is 9.59 Å². The van der Waals surface area contributed by atoms with E-state index in [1.54, 1.807) is 36.4 Å². The number of anilines is 1. The second-order valence-corrected chi connectivity index (χ2v) is 6.82. The third-order valence-electron chi connectivity index (χ3n) is 4.34. The number of hydrogen-bond donors (Lipinski definition) is 1.